The lowest BCUT2D eigenvalue weighted by Gasteiger charge is -2.11. The molecule has 0 spiro atoms. The summed E-state index contributed by atoms with van der Waals surface area (Å²) in [6.07, 6.45) is 0. The number of benzene rings is 8. The van der Waals surface area contributed by atoms with Crippen LogP contribution in [0.5, 0.6) is 0 Å². The second-order valence-electron chi connectivity index (χ2n) is 13.2. The summed E-state index contributed by atoms with van der Waals surface area (Å²) >= 11 is 0. The molecule has 4 heteroatoms. The Labute approximate surface area is 306 Å². The van der Waals surface area contributed by atoms with E-state index in [1.165, 1.54) is 21.9 Å². The number of aromatic nitrogens is 3. The van der Waals surface area contributed by atoms with Crippen LogP contribution in [0.25, 0.3) is 100 Å². The topological polar surface area (TPSA) is 51.8 Å². The van der Waals surface area contributed by atoms with Crippen molar-refractivity contribution in [1.29, 1.82) is 0 Å². The minimum atomic E-state index is 0.593. The van der Waals surface area contributed by atoms with Crippen LogP contribution >= 0.6 is 0 Å². The average Bonchev–Trinajstić information content (AvgIpc) is 3.63. The van der Waals surface area contributed by atoms with Crippen LogP contribution in [-0.2, 0) is 0 Å². The fourth-order valence-electron chi connectivity index (χ4n) is 7.29. The minimum absolute atomic E-state index is 0.593. The molecule has 2 heterocycles. The summed E-state index contributed by atoms with van der Waals surface area (Å²) in [5.74, 6) is 1.82. The van der Waals surface area contributed by atoms with Crippen molar-refractivity contribution in [2.45, 2.75) is 0 Å². The van der Waals surface area contributed by atoms with Crippen LogP contribution in [0.3, 0.4) is 0 Å². The number of hydrogen-bond acceptors (Lipinski definition) is 4. The third-order valence-corrected chi connectivity index (χ3v) is 9.96. The van der Waals surface area contributed by atoms with Gasteiger partial charge in [0.05, 0.1) is 0 Å². The van der Waals surface area contributed by atoms with Gasteiger partial charge in [0.2, 0.25) is 0 Å². The maximum absolute atomic E-state index is 6.52. The van der Waals surface area contributed by atoms with Gasteiger partial charge in [-0.15, -0.1) is 0 Å². The molecule has 53 heavy (non-hydrogen) atoms. The Morgan fingerprint density at radius 2 is 0.736 bits per heavy atom. The Morgan fingerprint density at radius 3 is 1.42 bits per heavy atom. The van der Waals surface area contributed by atoms with Crippen molar-refractivity contribution in [2.75, 3.05) is 0 Å². The standard InChI is InChI=1S/C49H31N3O/c1-3-11-32(12-4-1)34-23-28-38(29-24-34)48-50-47(37-14-5-2-6-15-37)51-49(52-48)42-18-10-20-44-46(42)45-41(17-9-19-43(45)53-44)36-26-21-35(22-27-36)40-30-25-33-13-7-8-16-39(33)31-40/h1-31H. The van der Waals surface area contributed by atoms with E-state index in [0.717, 1.165) is 60.9 Å². The summed E-state index contributed by atoms with van der Waals surface area (Å²) in [6, 6.07) is 65.2. The predicted octanol–water partition coefficient (Wildman–Crippen LogP) is 12.9. The molecular formula is C49H31N3O. The van der Waals surface area contributed by atoms with Gasteiger partial charge in [0.1, 0.15) is 11.2 Å². The van der Waals surface area contributed by atoms with Crippen LogP contribution in [0.15, 0.2) is 192 Å². The molecule has 0 bridgehead atoms. The van der Waals surface area contributed by atoms with E-state index < -0.39 is 0 Å². The third-order valence-electron chi connectivity index (χ3n) is 9.96. The SMILES string of the molecule is c1ccc(-c2ccc(-c3nc(-c4ccccc4)nc(-c4cccc5oc6cccc(-c7ccc(-c8ccc9ccccc9c8)cc7)c6c45)n3)cc2)cc1. The number of hydrogen-bond donors (Lipinski definition) is 0. The van der Waals surface area contributed by atoms with Crippen LogP contribution in [0.4, 0.5) is 0 Å². The molecule has 2 aromatic heterocycles. The van der Waals surface area contributed by atoms with Crippen molar-refractivity contribution in [3.05, 3.63) is 188 Å². The van der Waals surface area contributed by atoms with Crippen LogP contribution in [0.2, 0.25) is 0 Å². The molecule has 0 atom stereocenters. The van der Waals surface area contributed by atoms with Crippen LogP contribution < -0.4 is 0 Å². The highest BCUT2D eigenvalue weighted by Crippen LogP contribution is 2.42. The summed E-state index contributed by atoms with van der Waals surface area (Å²) in [7, 11) is 0. The molecule has 0 saturated carbocycles. The summed E-state index contributed by atoms with van der Waals surface area (Å²) in [6.45, 7) is 0. The van der Waals surface area contributed by atoms with Crippen molar-refractivity contribution < 1.29 is 4.42 Å². The van der Waals surface area contributed by atoms with E-state index in [4.69, 9.17) is 19.4 Å². The van der Waals surface area contributed by atoms with E-state index in [9.17, 15) is 0 Å². The van der Waals surface area contributed by atoms with Crippen LogP contribution in [0, 0.1) is 0 Å². The molecule has 10 aromatic rings. The molecule has 0 fully saturated rings. The molecule has 4 nitrogen and oxygen atoms in total. The highest BCUT2D eigenvalue weighted by Gasteiger charge is 2.20. The number of nitrogens with zero attached hydrogens (tertiary/aromatic N) is 3. The molecule has 0 aliphatic heterocycles. The van der Waals surface area contributed by atoms with Gasteiger partial charge in [0.15, 0.2) is 17.5 Å². The normalized spacial score (nSPS) is 11.4. The second-order valence-corrected chi connectivity index (χ2v) is 13.2. The van der Waals surface area contributed by atoms with Crippen LogP contribution in [-0.4, -0.2) is 15.0 Å². The van der Waals surface area contributed by atoms with E-state index >= 15 is 0 Å². The third kappa shape index (κ3) is 5.63. The van der Waals surface area contributed by atoms with Crippen molar-refractivity contribution in [3.63, 3.8) is 0 Å². The van der Waals surface area contributed by atoms with E-state index in [0.29, 0.717) is 17.5 Å². The number of rotatable bonds is 6. The summed E-state index contributed by atoms with van der Waals surface area (Å²) in [5.41, 5.74) is 11.2. The smallest absolute Gasteiger partial charge is 0.164 e. The summed E-state index contributed by atoms with van der Waals surface area (Å²) in [4.78, 5) is 15.3. The highest BCUT2D eigenvalue weighted by molar-refractivity contribution is 6.17. The molecule has 0 N–H and O–H groups in total. The zero-order chi connectivity index (χ0) is 35.1. The predicted molar refractivity (Wildman–Crippen MR) is 217 cm³/mol. The average molecular weight is 678 g/mol. The van der Waals surface area contributed by atoms with Crippen molar-refractivity contribution in [1.82, 2.24) is 15.0 Å². The van der Waals surface area contributed by atoms with Gasteiger partial charge >= 0.3 is 0 Å². The van der Waals surface area contributed by atoms with Gasteiger partial charge in [-0.2, -0.15) is 0 Å². The lowest BCUT2D eigenvalue weighted by molar-refractivity contribution is 0.669. The Balaban J connectivity index is 1.11. The molecule has 248 valence electrons. The van der Waals surface area contributed by atoms with Gasteiger partial charge in [-0.1, -0.05) is 170 Å². The van der Waals surface area contributed by atoms with Gasteiger partial charge in [-0.3, -0.25) is 0 Å². The van der Waals surface area contributed by atoms with Gasteiger partial charge in [0.25, 0.3) is 0 Å². The van der Waals surface area contributed by atoms with Gasteiger partial charge < -0.3 is 4.42 Å². The van der Waals surface area contributed by atoms with E-state index in [2.05, 4.69) is 133 Å². The van der Waals surface area contributed by atoms with E-state index in [1.54, 1.807) is 0 Å². The maximum atomic E-state index is 6.52. The van der Waals surface area contributed by atoms with Gasteiger partial charge in [-0.05, 0) is 62.4 Å². The Morgan fingerprint density at radius 1 is 0.283 bits per heavy atom. The number of fused-ring (bicyclic) bond motifs is 4. The van der Waals surface area contributed by atoms with Crippen molar-refractivity contribution >= 4 is 32.7 Å². The van der Waals surface area contributed by atoms with Crippen molar-refractivity contribution in [3.8, 4) is 67.5 Å². The quantitative estimate of drug-likeness (QED) is 0.176. The Hall–Kier alpha value is -7.17. The molecule has 0 saturated heterocycles. The first kappa shape index (κ1) is 30.6. The summed E-state index contributed by atoms with van der Waals surface area (Å²) in [5, 5.41) is 4.49. The van der Waals surface area contributed by atoms with E-state index in [1.807, 2.05) is 54.6 Å². The van der Waals surface area contributed by atoms with E-state index in [-0.39, 0.29) is 0 Å². The Bertz CT molecular complexity index is 2910. The highest BCUT2D eigenvalue weighted by atomic mass is 16.3. The molecule has 10 rings (SSSR count). The minimum Gasteiger partial charge on any atom is -0.456 e. The molecule has 0 amide bonds. The fourth-order valence-corrected chi connectivity index (χ4v) is 7.29. The molecular weight excluding hydrogens is 647 g/mol. The van der Waals surface area contributed by atoms with Gasteiger partial charge in [-0.25, -0.2) is 15.0 Å². The molecule has 8 aromatic carbocycles. The first-order valence-electron chi connectivity index (χ1n) is 17.8. The molecule has 0 aliphatic rings. The lowest BCUT2D eigenvalue weighted by atomic mass is 9.95. The largest absolute Gasteiger partial charge is 0.456 e. The molecule has 0 aliphatic carbocycles. The lowest BCUT2D eigenvalue weighted by Crippen LogP contribution is -2.00. The fraction of sp³-hybridized carbons (Fsp3) is 0. The molecule has 0 unspecified atom stereocenters. The monoisotopic (exact) mass is 677 g/mol. The Kier molecular flexibility index (Phi) is 7.43. The first-order valence-corrected chi connectivity index (χ1v) is 17.8. The first-order chi connectivity index (χ1) is 26.2. The number of furan rings is 1. The van der Waals surface area contributed by atoms with Crippen LogP contribution in [0.1, 0.15) is 0 Å². The van der Waals surface area contributed by atoms with Gasteiger partial charge in [0, 0.05) is 27.5 Å². The summed E-state index contributed by atoms with van der Waals surface area (Å²) < 4.78 is 6.52. The maximum Gasteiger partial charge on any atom is 0.164 e. The zero-order valence-corrected chi connectivity index (χ0v) is 28.6. The van der Waals surface area contributed by atoms with Crippen molar-refractivity contribution in [2.24, 2.45) is 0 Å². The second kappa shape index (κ2) is 12.9. The zero-order valence-electron chi connectivity index (χ0n) is 28.6. The molecule has 0 radical (unpaired) electrons.